The molecule has 1 aliphatic rings. The Morgan fingerprint density at radius 3 is 2.41 bits per heavy atom. The molecular formula is C23H32N2O7S2. The number of esters is 1. The van der Waals surface area contributed by atoms with Gasteiger partial charge in [0.2, 0.25) is 10.0 Å². The summed E-state index contributed by atoms with van der Waals surface area (Å²) in [5, 5.41) is 9.38. The zero-order chi connectivity index (χ0) is 25.7. The van der Waals surface area contributed by atoms with Gasteiger partial charge in [0.15, 0.2) is 0 Å². The molecule has 0 radical (unpaired) electrons. The zero-order valence-corrected chi connectivity index (χ0v) is 21.9. The van der Waals surface area contributed by atoms with Crippen molar-refractivity contribution in [2.24, 2.45) is 0 Å². The first-order valence-corrected chi connectivity index (χ1v) is 13.1. The van der Waals surface area contributed by atoms with E-state index in [-0.39, 0.29) is 23.7 Å². The highest BCUT2D eigenvalue weighted by Gasteiger charge is 2.52. The molecule has 11 heteroatoms. The summed E-state index contributed by atoms with van der Waals surface area (Å²) in [4.78, 5) is 25.2. The maximum Gasteiger partial charge on any atom is 0.307 e. The first kappa shape index (κ1) is 28.0. The van der Waals surface area contributed by atoms with Crippen LogP contribution in [0.5, 0.6) is 5.75 Å². The Balaban J connectivity index is 2.48. The van der Waals surface area contributed by atoms with Gasteiger partial charge in [0.25, 0.3) is 5.91 Å². The van der Waals surface area contributed by atoms with Crippen molar-refractivity contribution >= 4 is 33.7 Å². The second-order valence-corrected chi connectivity index (χ2v) is 12.8. The summed E-state index contributed by atoms with van der Waals surface area (Å²) in [7, 11) is -4.26. The summed E-state index contributed by atoms with van der Waals surface area (Å²) < 4.78 is 38.6. The van der Waals surface area contributed by atoms with Crippen molar-refractivity contribution in [1.29, 1.82) is 0 Å². The fourth-order valence-electron chi connectivity index (χ4n) is 3.55. The summed E-state index contributed by atoms with van der Waals surface area (Å²) in [5.74, 6) is 4.69. The number of benzene rings is 1. The van der Waals surface area contributed by atoms with Crippen molar-refractivity contribution in [3.05, 3.63) is 24.3 Å². The third-order valence-corrected chi connectivity index (χ3v) is 8.44. The van der Waals surface area contributed by atoms with Gasteiger partial charge in [0.05, 0.1) is 11.3 Å². The van der Waals surface area contributed by atoms with E-state index < -0.39 is 44.3 Å². The summed E-state index contributed by atoms with van der Waals surface area (Å²) in [6.07, 6.45) is -0.244. The van der Waals surface area contributed by atoms with E-state index in [2.05, 4.69) is 11.8 Å². The molecule has 1 unspecified atom stereocenters. The fourth-order valence-corrected chi connectivity index (χ4v) is 6.90. The monoisotopic (exact) mass is 512 g/mol. The van der Waals surface area contributed by atoms with E-state index in [1.807, 2.05) is 0 Å². The van der Waals surface area contributed by atoms with Gasteiger partial charge in [0.1, 0.15) is 24.0 Å². The van der Waals surface area contributed by atoms with Crippen LogP contribution in [0.4, 0.5) is 0 Å². The number of hydroxylamine groups is 1. The number of carbonyl (C=O) groups excluding carboxylic acids is 2. The van der Waals surface area contributed by atoms with Gasteiger partial charge in [-0.25, -0.2) is 13.9 Å². The van der Waals surface area contributed by atoms with Crippen molar-refractivity contribution in [2.45, 2.75) is 75.3 Å². The number of nitrogens with one attached hydrogen (secondary N) is 1. The first-order chi connectivity index (χ1) is 15.7. The second-order valence-electron chi connectivity index (χ2n) is 9.26. The molecule has 1 heterocycles. The zero-order valence-electron chi connectivity index (χ0n) is 20.2. The molecule has 1 aromatic carbocycles. The lowest BCUT2D eigenvalue weighted by molar-refractivity contribution is -0.156. The summed E-state index contributed by atoms with van der Waals surface area (Å²) in [6.45, 7) is 10.4. The second kappa shape index (κ2) is 11.0. The van der Waals surface area contributed by atoms with Crippen LogP contribution in [0.1, 0.15) is 48.0 Å². The average molecular weight is 513 g/mol. The minimum atomic E-state index is -4.26. The van der Waals surface area contributed by atoms with Crippen LogP contribution in [-0.2, 0) is 24.3 Å². The van der Waals surface area contributed by atoms with Crippen LogP contribution in [0.3, 0.4) is 0 Å². The van der Waals surface area contributed by atoms with Gasteiger partial charge in [-0.1, -0.05) is 5.92 Å². The molecular weight excluding hydrogens is 480 g/mol. The summed E-state index contributed by atoms with van der Waals surface area (Å²) in [5.41, 5.74) is 0.838. The highest BCUT2D eigenvalue weighted by Crippen LogP contribution is 2.42. The van der Waals surface area contributed by atoms with Crippen LogP contribution in [0.2, 0.25) is 0 Å². The Morgan fingerprint density at radius 1 is 1.26 bits per heavy atom. The number of thioether (sulfide) groups is 1. The predicted octanol–water partition coefficient (Wildman–Crippen LogP) is 2.58. The Kier molecular flexibility index (Phi) is 9.04. The number of rotatable bonds is 7. The van der Waals surface area contributed by atoms with Crippen molar-refractivity contribution in [3.63, 3.8) is 0 Å². The highest BCUT2D eigenvalue weighted by atomic mass is 32.2. The van der Waals surface area contributed by atoms with Gasteiger partial charge in [-0.2, -0.15) is 16.1 Å². The molecule has 2 N–H and O–H groups in total. The van der Waals surface area contributed by atoms with E-state index in [4.69, 9.17) is 9.47 Å². The normalized spacial score (nSPS) is 20.6. The lowest BCUT2D eigenvalue weighted by Crippen LogP contribution is -2.64. The van der Waals surface area contributed by atoms with Crippen LogP contribution in [0.25, 0.3) is 0 Å². The lowest BCUT2D eigenvalue weighted by Gasteiger charge is -2.47. The van der Waals surface area contributed by atoms with Crippen molar-refractivity contribution < 1.29 is 32.7 Å². The van der Waals surface area contributed by atoms with Crippen molar-refractivity contribution in [3.8, 4) is 17.6 Å². The molecule has 0 aliphatic carbocycles. The van der Waals surface area contributed by atoms with E-state index in [1.165, 1.54) is 36.0 Å². The Hall–Kier alpha value is -2.26. The first-order valence-electron chi connectivity index (χ1n) is 10.7. The van der Waals surface area contributed by atoms with Crippen molar-refractivity contribution in [1.82, 2.24) is 9.79 Å². The topological polar surface area (TPSA) is 122 Å². The van der Waals surface area contributed by atoms with E-state index in [9.17, 15) is 23.2 Å². The Morgan fingerprint density at radius 2 is 1.88 bits per heavy atom. The average Bonchev–Trinajstić information content (AvgIpc) is 2.73. The number of hydrogen-bond acceptors (Lipinski definition) is 8. The van der Waals surface area contributed by atoms with Crippen LogP contribution >= 0.6 is 11.8 Å². The molecule has 1 aromatic rings. The molecule has 1 fully saturated rings. The van der Waals surface area contributed by atoms with Crippen LogP contribution < -0.4 is 10.2 Å². The highest BCUT2D eigenvalue weighted by molar-refractivity contribution is 8.01. The van der Waals surface area contributed by atoms with Gasteiger partial charge in [-0.15, -0.1) is 5.92 Å². The standard InChI is InChI=1S/C23H32N2O7S2/c1-7-8-13-31-17-9-11-18(12-10-17)34(29,30)25-16(14-19(26)32-22(2,3)4)15-33-23(5,6)20(25)21(27)24-28/h9-12,16,20,28H,13-15H2,1-6H3,(H,24,27)/t16?,20-/m0/s1. The maximum atomic E-state index is 13.8. The predicted molar refractivity (Wildman–Crippen MR) is 129 cm³/mol. The third kappa shape index (κ3) is 6.88. The van der Waals surface area contributed by atoms with E-state index in [1.54, 1.807) is 47.0 Å². The van der Waals surface area contributed by atoms with Gasteiger partial charge in [-0.3, -0.25) is 14.8 Å². The molecule has 0 spiro atoms. The van der Waals surface area contributed by atoms with Gasteiger partial charge in [-0.05, 0) is 65.8 Å². The van der Waals surface area contributed by atoms with E-state index in [0.717, 1.165) is 4.31 Å². The molecule has 2 rings (SSSR count). The Labute approximate surface area is 205 Å². The summed E-state index contributed by atoms with van der Waals surface area (Å²) >= 11 is 1.35. The molecule has 9 nitrogen and oxygen atoms in total. The molecule has 1 saturated heterocycles. The molecule has 0 bridgehead atoms. The molecule has 1 aliphatic heterocycles. The lowest BCUT2D eigenvalue weighted by atomic mass is 10.00. The van der Waals surface area contributed by atoms with Crippen LogP contribution in [-0.4, -0.2) is 64.6 Å². The summed E-state index contributed by atoms with van der Waals surface area (Å²) in [6, 6.07) is 3.60. The molecule has 34 heavy (non-hydrogen) atoms. The Bertz CT molecular complexity index is 1050. The van der Waals surface area contributed by atoms with Gasteiger partial charge < -0.3 is 9.47 Å². The molecule has 0 saturated carbocycles. The minimum absolute atomic E-state index is 0.0749. The SMILES string of the molecule is CC#CCOc1ccc(S(=O)(=O)N2C(CC(=O)OC(C)(C)C)CSC(C)(C)[C@@H]2C(=O)NO)cc1. The number of nitrogens with zero attached hydrogens (tertiary/aromatic N) is 1. The number of sulfonamides is 1. The number of hydrogen-bond donors (Lipinski definition) is 2. The maximum absolute atomic E-state index is 13.8. The third-order valence-electron chi connectivity index (χ3n) is 4.99. The smallest absolute Gasteiger partial charge is 0.307 e. The molecule has 1 amide bonds. The minimum Gasteiger partial charge on any atom is -0.481 e. The number of amides is 1. The largest absolute Gasteiger partial charge is 0.481 e. The van der Waals surface area contributed by atoms with Gasteiger partial charge in [0, 0.05) is 16.5 Å². The molecule has 0 aromatic heterocycles. The fraction of sp³-hybridized carbons (Fsp3) is 0.565. The van der Waals surface area contributed by atoms with Crippen LogP contribution in [0.15, 0.2) is 29.2 Å². The number of carbonyl (C=O) groups is 2. The number of ether oxygens (including phenoxy) is 2. The van der Waals surface area contributed by atoms with Crippen LogP contribution in [0, 0.1) is 11.8 Å². The molecule has 2 atom stereocenters. The van der Waals surface area contributed by atoms with Gasteiger partial charge >= 0.3 is 5.97 Å². The molecule has 188 valence electrons. The van der Waals surface area contributed by atoms with Crippen molar-refractivity contribution in [2.75, 3.05) is 12.4 Å². The van der Waals surface area contributed by atoms with E-state index >= 15 is 0 Å². The van der Waals surface area contributed by atoms with E-state index in [0.29, 0.717) is 5.75 Å². The quantitative estimate of drug-likeness (QED) is 0.247.